The lowest BCUT2D eigenvalue weighted by molar-refractivity contribution is 0.191. The van der Waals surface area contributed by atoms with Crippen LogP contribution in [0.1, 0.15) is 23.2 Å². The summed E-state index contributed by atoms with van der Waals surface area (Å²) in [5, 5.41) is 11.6. The van der Waals surface area contributed by atoms with Gasteiger partial charge in [-0.2, -0.15) is 0 Å². The Morgan fingerprint density at radius 3 is 2.78 bits per heavy atom. The molecule has 2 heterocycles. The van der Waals surface area contributed by atoms with Gasteiger partial charge in [-0.3, -0.25) is 0 Å². The molecule has 0 radical (unpaired) electrons. The predicted molar refractivity (Wildman–Crippen MR) is 68.7 cm³/mol. The average Bonchev–Trinajstić information content (AvgIpc) is 2.95. The molecule has 1 unspecified atom stereocenters. The minimum absolute atomic E-state index is 0.457. The number of fused-ring (bicyclic) bond motifs is 1. The van der Waals surface area contributed by atoms with Crippen molar-refractivity contribution in [3.05, 3.63) is 58.7 Å². The number of furan rings is 2. The van der Waals surface area contributed by atoms with Crippen molar-refractivity contribution in [3.8, 4) is 0 Å². The Bertz CT molecular complexity index is 696. The van der Waals surface area contributed by atoms with Crippen molar-refractivity contribution in [2.45, 2.75) is 13.0 Å². The third kappa shape index (κ3) is 1.82. The van der Waals surface area contributed by atoms with Crippen LogP contribution in [-0.2, 0) is 0 Å². The number of aryl methyl sites for hydroxylation is 1. The van der Waals surface area contributed by atoms with E-state index in [1.165, 1.54) is 6.26 Å². The molecule has 18 heavy (non-hydrogen) atoms. The first kappa shape index (κ1) is 11.4. The van der Waals surface area contributed by atoms with Crippen LogP contribution in [-0.4, -0.2) is 5.11 Å². The van der Waals surface area contributed by atoms with Gasteiger partial charge in [0.05, 0.1) is 11.3 Å². The lowest BCUT2D eigenvalue weighted by atomic mass is 10.1. The number of aliphatic hydroxyl groups is 1. The van der Waals surface area contributed by atoms with Gasteiger partial charge in [-0.1, -0.05) is 23.7 Å². The van der Waals surface area contributed by atoms with Gasteiger partial charge in [-0.15, -0.1) is 0 Å². The van der Waals surface area contributed by atoms with Crippen molar-refractivity contribution < 1.29 is 13.9 Å². The summed E-state index contributed by atoms with van der Waals surface area (Å²) in [6.07, 6.45) is 0.681. The van der Waals surface area contributed by atoms with Crippen LogP contribution in [0.15, 0.2) is 45.4 Å². The number of hydrogen-bond acceptors (Lipinski definition) is 3. The molecule has 2 aromatic heterocycles. The van der Waals surface area contributed by atoms with Gasteiger partial charge < -0.3 is 13.9 Å². The number of hydrogen-bond donors (Lipinski definition) is 1. The molecular weight excluding hydrogens is 252 g/mol. The quantitative estimate of drug-likeness (QED) is 0.757. The van der Waals surface area contributed by atoms with Crippen molar-refractivity contribution in [2.24, 2.45) is 0 Å². The van der Waals surface area contributed by atoms with Gasteiger partial charge in [0.25, 0.3) is 0 Å². The number of halogens is 1. The molecule has 0 aliphatic rings. The van der Waals surface area contributed by atoms with Crippen LogP contribution in [0.25, 0.3) is 11.0 Å². The molecule has 0 bridgehead atoms. The summed E-state index contributed by atoms with van der Waals surface area (Å²) in [6, 6.07) is 9.05. The van der Waals surface area contributed by atoms with Crippen molar-refractivity contribution in [1.29, 1.82) is 0 Å². The predicted octanol–water partition coefficient (Wildman–Crippen LogP) is 4.07. The first-order valence-electron chi connectivity index (χ1n) is 5.56. The molecule has 0 fully saturated rings. The Kier molecular flexibility index (Phi) is 2.65. The molecule has 4 heteroatoms. The second kappa shape index (κ2) is 4.19. The smallest absolute Gasteiger partial charge is 0.153 e. The summed E-state index contributed by atoms with van der Waals surface area (Å²) in [5.41, 5.74) is 1.26. The molecule has 3 aromatic rings. The molecule has 0 spiro atoms. The second-order valence-corrected chi connectivity index (χ2v) is 4.61. The molecule has 0 saturated heterocycles. The van der Waals surface area contributed by atoms with E-state index in [1.807, 2.05) is 19.1 Å². The minimum Gasteiger partial charge on any atom is -0.469 e. The zero-order valence-corrected chi connectivity index (χ0v) is 10.4. The molecule has 3 rings (SSSR count). The highest BCUT2D eigenvalue weighted by atomic mass is 35.5. The summed E-state index contributed by atoms with van der Waals surface area (Å²) in [4.78, 5) is 0. The fourth-order valence-corrected chi connectivity index (χ4v) is 2.17. The van der Waals surface area contributed by atoms with E-state index < -0.39 is 6.10 Å². The van der Waals surface area contributed by atoms with E-state index in [0.29, 0.717) is 21.9 Å². The maximum Gasteiger partial charge on any atom is 0.153 e. The van der Waals surface area contributed by atoms with Gasteiger partial charge in [0.1, 0.15) is 17.6 Å². The maximum absolute atomic E-state index is 10.2. The lowest BCUT2D eigenvalue weighted by Crippen LogP contribution is -1.95. The summed E-state index contributed by atoms with van der Waals surface area (Å²) in [7, 11) is 0. The van der Waals surface area contributed by atoms with E-state index in [2.05, 4.69) is 0 Å². The first-order chi connectivity index (χ1) is 8.65. The average molecular weight is 263 g/mol. The summed E-state index contributed by atoms with van der Waals surface area (Å²) in [6.45, 7) is 1.83. The van der Waals surface area contributed by atoms with Crippen molar-refractivity contribution in [2.75, 3.05) is 0 Å². The van der Waals surface area contributed by atoms with E-state index in [-0.39, 0.29) is 0 Å². The topological polar surface area (TPSA) is 46.5 Å². The Labute approximate surface area is 109 Å². The van der Waals surface area contributed by atoms with Crippen molar-refractivity contribution in [1.82, 2.24) is 0 Å². The Morgan fingerprint density at radius 2 is 2.11 bits per heavy atom. The van der Waals surface area contributed by atoms with Crippen molar-refractivity contribution in [3.63, 3.8) is 0 Å². The number of benzene rings is 1. The lowest BCUT2D eigenvalue weighted by Gasteiger charge is -2.03. The molecule has 1 aromatic carbocycles. The molecule has 0 aliphatic carbocycles. The zero-order valence-electron chi connectivity index (χ0n) is 9.68. The Hall–Kier alpha value is -1.71. The third-order valence-electron chi connectivity index (χ3n) is 2.85. The molecule has 1 atom stereocenters. The van der Waals surface area contributed by atoms with Gasteiger partial charge in [0.15, 0.2) is 5.58 Å². The Morgan fingerprint density at radius 1 is 1.28 bits per heavy atom. The van der Waals surface area contributed by atoms with Gasteiger partial charge in [0.2, 0.25) is 0 Å². The van der Waals surface area contributed by atoms with Crippen LogP contribution in [0.3, 0.4) is 0 Å². The fraction of sp³-hybridized carbons (Fsp3) is 0.143. The normalized spacial score (nSPS) is 13.1. The van der Waals surface area contributed by atoms with Gasteiger partial charge in [0, 0.05) is 10.9 Å². The number of para-hydroxylation sites is 1. The fourth-order valence-electron chi connectivity index (χ4n) is 1.95. The zero-order chi connectivity index (χ0) is 12.7. The third-order valence-corrected chi connectivity index (χ3v) is 3.15. The van der Waals surface area contributed by atoms with Crippen LogP contribution < -0.4 is 0 Å². The molecule has 0 amide bonds. The monoisotopic (exact) mass is 262 g/mol. The van der Waals surface area contributed by atoms with Crippen LogP contribution in [0.2, 0.25) is 5.02 Å². The molecule has 0 aliphatic heterocycles. The molecule has 0 saturated carbocycles. The summed E-state index contributed by atoms with van der Waals surface area (Å²) >= 11 is 6.03. The van der Waals surface area contributed by atoms with Crippen molar-refractivity contribution >= 4 is 22.6 Å². The summed E-state index contributed by atoms with van der Waals surface area (Å²) in [5.74, 6) is 1.21. The van der Waals surface area contributed by atoms with E-state index in [0.717, 1.165) is 11.1 Å². The van der Waals surface area contributed by atoms with E-state index in [4.69, 9.17) is 20.4 Å². The van der Waals surface area contributed by atoms with Gasteiger partial charge in [-0.05, 0) is 25.1 Å². The van der Waals surface area contributed by atoms with E-state index in [1.54, 1.807) is 18.2 Å². The summed E-state index contributed by atoms with van der Waals surface area (Å²) < 4.78 is 10.8. The molecule has 3 nitrogen and oxygen atoms in total. The van der Waals surface area contributed by atoms with E-state index in [9.17, 15) is 5.11 Å². The van der Waals surface area contributed by atoms with Gasteiger partial charge >= 0.3 is 0 Å². The minimum atomic E-state index is -0.842. The SMILES string of the molecule is Cc1cc(C(O)c2cc3cccc(Cl)c3o2)co1. The van der Waals surface area contributed by atoms with Gasteiger partial charge in [-0.25, -0.2) is 0 Å². The highest BCUT2D eigenvalue weighted by Crippen LogP contribution is 2.32. The van der Waals surface area contributed by atoms with Crippen LogP contribution in [0.5, 0.6) is 0 Å². The highest BCUT2D eigenvalue weighted by Gasteiger charge is 2.18. The van der Waals surface area contributed by atoms with E-state index >= 15 is 0 Å². The van der Waals surface area contributed by atoms with Crippen LogP contribution in [0, 0.1) is 6.92 Å². The molecular formula is C14H11ClO3. The van der Waals surface area contributed by atoms with Crippen LogP contribution in [0.4, 0.5) is 0 Å². The highest BCUT2D eigenvalue weighted by molar-refractivity contribution is 6.34. The largest absolute Gasteiger partial charge is 0.469 e. The first-order valence-corrected chi connectivity index (χ1v) is 5.94. The number of aliphatic hydroxyl groups excluding tert-OH is 1. The maximum atomic E-state index is 10.2. The standard InChI is InChI=1S/C14H11ClO3/c1-8-5-10(7-17-8)13(16)12-6-9-3-2-4-11(15)14(9)18-12/h2-7,13,16H,1H3. The molecule has 1 N–H and O–H groups in total. The molecule has 92 valence electrons. The Balaban J connectivity index is 2.06. The number of rotatable bonds is 2. The van der Waals surface area contributed by atoms with Crippen LogP contribution >= 0.6 is 11.6 Å². The second-order valence-electron chi connectivity index (χ2n) is 4.20.